The third kappa shape index (κ3) is 5.23. The molecule has 0 saturated heterocycles. The van der Waals surface area contributed by atoms with Crippen LogP contribution >= 0.6 is 0 Å². The molecule has 0 saturated carbocycles. The number of rotatable bonds is 4. The van der Waals surface area contributed by atoms with Gasteiger partial charge in [-0.25, -0.2) is 0 Å². The van der Waals surface area contributed by atoms with Gasteiger partial charge in [-0.05, 0) is 144 Å². The zero-order valence-corrected chi connectivity index (χ0v) is 31.8. The smallest absolute Gasteiger partial charge is 0.00137 e. The molecule has 0 radical (unpaired) electrons. The first kappa shape index (κ1) is 32.7. The van der Waals surface area contributed by atoms with Crippen molar-refractivity contribution < 1.29 is 0 Å². The molecule has 12 aromatic rings. The Balaban J connectivity index is 1.03. The standard InChI is InChI=1S/C58H36/c1-3-11-43-33-45(27-25-37(43)9-1)39-17-21-41(22-18-39)47-29-31-51-49-13-5-8-16-54(49)58-56-36-48(30-32-52(56)50-14-6-7-15-53(50)57(58)55(51)35-47)42-23-19-40(20-24-42)46-28-26-38-10-2-4-12-44(38)34-46/h1-36H. The fourth-order valence-electron chi connectivity index (χ4n) is 9.48. The average Bonchev–Trinajstić information content (AvgIpc) is 3.31. The molecule has 0 aromatic heterocycles. The minimum atomic E-state index is 1.22. The topological polar surface area (TPSA) is 0 Å². The molecule has 0 N–H and O–H groups in total. The van der Waals surface area contributed by atoms with Crippen LogP contribution in [0.15, 0.2) is 218 Å². The number of benzene rings is 12. The van der Waals surface area contributed by atoms with Gasteiger partial charge in [0.1, 0.15) is 0 Å². The maximum atomic E-state index is 2.43. The van der Waals surface area contributed by atoms with E-state index >= 15 is 0 Å². The summed E-state index contributed by atoms with van der Waals surface area (Å²) in [5.74, 6) is 0. The normalized spacial score (nSPS) is 11.8. The van der Waals surface area contributed by atoms with E-state index in [1.807, 2.05) is 0 Å². The molecule has 0 aliphatic heterocycles. The van der Waals surface area contributed by atoms with Crippen molar-refractivity contribution >= 4 is 75.4 Å². The van der Waals surface area contributed by atoms with Crippen LogP contribution in [0.2, 0.25) is 0 Å². The van der Waals surface area contributed by atoms with Gasteiger partial charge in [-0.1, -0.05) is 194 Å². The second kappa shape index (κ2) is 13.0. The minimum Gasteiger partial charge on any atom is -0.0616 e. The first-order valence-corrected chi connectivity index (χ1v) is 20.2. The number of fused-ring (bicyclic) bond motifs is 13. The van der Waals surface area contributed by atoms with Crippen LogP contribution in [0.4, 0.5) is 0 Å². The molecule has 0 heteroatoms. The Morgan fingerprint density at radius 2 is 0.431 bits per heavy atom. The molecule has 0 bridgehead atoms. The molecule has 0 aliphatic rings. The molecule has 0 aliphatic carbocycles. The van der Waals surface area contributed by atoms with Crippen molar-refractivity contribution in [2.75, 3.05) is 0 Å². The lowest BCUT2D eigenvalue weighted by atomic mass is 9.85. The predicted octanol–water partition coefficient (Wildman–Crippen LogP) is 16.4. The molecule has 0 atom stereocenters. The van der Waals surface area contributed by atoms with Crippen molar-refractivity contribution in [2.45, 2.75) is 0 Å². The van der Waals surface area contributed by atoms with Crippen LogP contribution in [0.5, 0.6) is 0 Å². The SMILES string of the molecule is c1ccc2cc(-c3ccc(-c4ccc5c6ccccc6c6c7cc(-c8ccc(-c9ccc%10ccccc%10c9)cc8)ccc7c7ccccc7c6c5c4)cc3)ccc2c1. The van der Waals surface area contributed by atoms with E-state index in [1.54, 1.807) is 0 Å². The van der Waals surface area contributed by atoms with Crippen LogP contribution in [0.25, 0.3) is 120 Å². The Kier molecular flexibility index (Phi) is 7.33. The van der Waals surface area contributed by atoms with Crippen LogP contribution in [0, 0.1) is 0 Å². The number of hydrogen-bond donors (Lipinski definition) is 0. The first-order chi connectivity index (χ1) is 28.7. The molecule has 0 unspecified atom stereocenters. The maximum absolute atomic E-state index is 2.43. The first-order valence-electron chi connectivity index (χ1n) is 20.2. The number of hydrogen-bond acceptors (Lipinski definition) is 0. The highest BCUT2D eigenvalue weighted by Gasteiger charge is 2.17. The van der Waals surface area contributed by atoms with Crippen molar-refractivity contribution in [3.05, 3.63) is 218 Å². The Bertz CT molecular complexity index is 3350. The summed E-state index contributed by atoms with van der Waals surface area (Å²) in [5, 5.41) is 18.0. The summed E-state index contributed by atoms with van der Waals surface area (Å²) in [6.07, 6.45) is 0. The molecule has 0 spiro atoms. The third-order valence-electron chi connectivity index (χ3n) is 12.4. The highest BCUT2D eigenvalue weighted by Crippen LogP contribution is 2.46. The summed E-state index contributed by atoms with van der Waals surface area (Å²) >= 11 is 0. The average molecular weight is 733 g/mol. The lowest BCUT2D eigenvalue weighted by molar-refractivity contribution is 1.62. The van der Waals surface area contributed by atoms with Gasteiger partial charge in [0.2, 0.25) is 0 Å². The molecule has 12 aromatic carbocycles. The van der Waals surface area contributed by atoms with Gasteiger partial charge in [-0.2, -0.15) is 0 Å². The summed E-state index contributed by atoms with van der Waals surface area (Å²) in [6, 6.07) is 80.9. The summed E-state index contributed by atoms with van der Waals surface area (Å²) in [4.78, 5) is 0. The van der Waals surface area contributed by atoms with Crippen molar-refractivity contribution in [1.82, 2.24) is 0 Å². The van der Waals surface area contributed by atoms with Crippen molar-refractivity contribution in [1.29, 1.82) is 0 Å². The summed E-state index contributed by atoms with van der Waals surface area (Å²) in [5.41, 5.74) is 9.79. The van der Waals surface area contributed by atoms with E-state index in [-0.39, 0.29) is 0 Å². The predicted molar refractivity (Wildman–Crippen MR) is 251 cm³/mol. The highest BCUT2D eigenvalue weighted by atomic mass is 14.2. The lowest BCUT2D eigenvalue weighted by Crippen LogP contribution is -1.90. The highest BCUT2D eigenvalue weighted by molar-refractivity contribution is 6.39. The molecule has 58 heavy (non-hydrogen) atoms. The summed E-state index contributed by atoms with van der Waals surface area (Å²) < 4.78 is 0. The second-order valence-corrected chi connectivity index (χ2v) is 15.6. The molecule has 0 amide bonds. The second-order valence-electron chi connectivity index (χ2n) is 15.6. The van der Waals surface area contributed by atoms with Gasteiger partial charge in [0.25, 0.3) is 0 Å². The molecule has 0 fully saturated rings. The lowest BCUT2D eigenvalue weighted by Gasteiger charge is -2.18. The zero-order valence-electron chi connectivity index (χ0n) is 31.8. The van der Waals surface area contributed by atoms with Gasteiger partial charge in [-0.3, -0.25) is 0 Å². The van der Waals surface area contributed by atoms with E-state index in [4.69, 9.17) is 0 Å². The molecule has 12 rings (SSSR count). The van der Waals surface area contributed by atoms with Gasteiger partial charge >= 0.3 is 0 Å². The molecule has 268 valence electrons. The van der Waals surface area contributed by atoms with Gasteiger partial charge in [0.05, 0.1) is 0 Å². The zero-order chi connectivity index (χ0) is 38.2. The summed E-state index contributed by atoms with van der Waals surface area (Å²) in [6.45, 7) is 0. The van der Waals surface area contributed by atoms with Crippen molar-refractivity contribution in [2.24, 2.45) is 0 Å². The molecular weight excluding hydrogens is 697 g/mol. The Morgan fingerprint density at radius 1 is 0.155 bits per heavy atom. The molecule has 0 heterocycles. The fourth-order valence-corrected chi connectivity index (χ4v) is 9.48. The van der Waals surface area contributed by atoms with Crippen LogP contribution in [0.1, 0.15) is 0 Å². The maximum Gasteiger partial charge on any atom is -0.00137 e. The van der Waals surface area contributed by atoms with Crippen molar-refractivity contribution in [3.8, 4) is 44.5 Å². The van der Waals surface area contributed by atoms with E-state index in [9.17, 15) is 0 Å². The van der Waals surface area contributed by atoms with Crippen LogP contribution in [-0.4, -0.2) is 0 Å². The van der Waals surface area contributed by atoms with Crippen LogP contribution in [-0.2, 0) is 0 Å². The van der Waals surface area contributed by atoms with E-state index in [2.05, 4.69) is 218 Å². The Morgan fingerprint density at radius 3 is 0.828 bits per heavy atom. The molecule has 0 nitrogen and oxygen atoms in total. The Labute approximate surface area is 336 Å². The molecular formula is C58H36. The van der Waals surface area contributed by atoms with E-state index < -0.39 is 0 Å². The van der Waals surface area contributed by atoms with E-state index in [1.165, 1.54) is 120 Å². The van der Waals surface area contributed by atoms with Gasteiger partial charge in [0.15, 0.2) is 0 Å². The minimum absolute atomic E-state index is 1.22. The van der Waals surface area contributed by atoms with Crippen LogP contribution < -0.4 is 0 Å². The van der Waals surface area contributed by atoms with Crippen LogP contribution in [0.3, 0.4) is 0 Å². The van der Waals surface area contributed by atoms with E-state index in [0.29, 0.717) is 0 Å². The largest absolute Gasteiger partial charge is 0.0616 e. The van der Waals surface area contributed by atoms with Crippen molar-refractivity contribution in [3.63, 3.8) is 0 Å². The monoisotopic (exact) mass is 732 g/mol. The fraction of sp³-hybridized carbons (Fsp3) is 0. The van der Waals surface area contributed by atoms with E-state index in [0.717, 1.165) is 0 Å². The van der Waals surface area contributed by atoms with Gasteiger partial charge in [0, 0.05) is 0 Å². The van der Waals surface area contributed by atoms with Gasteiger partial charge in [-0.15, -0.1) is 0 Å². The third-order valence-corrected chi connectivity index (χ3v) is 12.4. The Hall–Kier alpha value is -7.54. The summed E-state index contributed by atoms with van der Waals surface area (Å²) in [7, 11) is 0. The van der Waals surface area contributed by atoms with Gasteiger partial charge < -0.3 is 0 Å². The quantitative estimate of drug-likeness (QED) is 0.158.